The highest BCUT2D eigenvalue weighted by Crippen LogP contribution is 2.52. The molecule has 0 aromatic heterocycles. The molecule has 2 bridgehead atoms. The molecular formula is C16H30N2O. The fourth-order valence-electron chi connectivity index (χ4n) is 4.55. The van der Waals surface area contributed by atoms with Gasteiger partial charge in [-0.1, -0.05) is 27.7 Å². The van der Waals surface area contributed by atoms with Gasteiger partial charge in [0.25, 0.3) is 0 Å². The van der Waals surface area contributed by atoms with Crippen molar-refractivity contribution >= 4 is 5.91 Å². The largest absolute Gasteiger partial charge is 0.339 e. The van der Waals surface area contributed by atoms with Crippen molar-refractivity contribution in [3.8, 4) is 0 Å². The van der Waals surface area contributed by atoms with E-state index in [2.05, 4.69) is 44.8 Å². The van der Waals surface area contributed by atoms with E-state index in [1.165, 1.54) is 19.3 Å². The summed E-state index contributed by atoms with van der Waals surface area (Å²) in [5.41, 5.74) is 0.740. The number of amides is 1. The van der Waals surface area contributed by atoms with Crippen molar-refractivity contribution in [1.29, 1.82) is 0 Å². The van der Waals surface area contributed by atoms with Gasteiger partial charge in [0.15, 0.2) is 0 Å². The maximum atomic E-state index is 12.5. The second-order valence-electron chi connectivity index (χ2n) is 7.90. The van der Waals surface area contributed by atoms with Crippen LogP contribution in [0.1, 0.15) is 60.3 Å². The summed E-state index contributed by atoms with van der Waals surface area (Å²) in [7, 11) is 0. The van der Waals surface area contributed by atoms with Crippen molar-refractivity contribution in [3.63, 3.8) is 0 Å². The number of nitrogens with zero attached hydrogens (tertiary/aromatic N) is 1. The van der Waals surface area contributed by atoms with Gasteiger partial charge in [-0.3, -0.25) is 4.79 Å². The van der Waals surface area contributed by atoms with Gasteiger partial charge in [0.1, 0.15) is 0 Å². The molecule has 110 valence electrons. The molecule has 19 heavy (non-hydrogen) atoms. The molecule has 1 aliphatic heterocycles. The van der Waals surface area contributed by atoms with E-state index < -0.39 is 0 Å². The van der Waals surface area contributed by atoms with E-state index in [-0.39, 0.29) is 0 Å². The number of hydrogen-bond acceptors (Lipinski definition) is 2. The third-order valence-electron chi connectivity index (χ3n) is 4.77. The molecule has 1 saturated carbocycles. The van der Waals surface area contributed by atoms with Crippen LogP contribution in [0.4, 0.5) is 0 Å². The van der Waals surface area contributed by atoms with E-state index in [1.807, 2.05) is 0 Å². The molecule has 0 radical (unpaired) electrons. The lowest BCUT2D eigenvalue weighted by atomic mass is 9.65. The first kappa shape index (κ1) is 14.8. The zero-order valence-electron chi connectivity index (χ0n) is 13.3. The highest BCUT2D eigenvalue weighted by Gasteiger charge is 2.50. The SMILES string of the molecule is CCNC(C)CC(=O)N1CC2(C)CC1CC(C)(C)C2. The van der Waals surface area contributed by atoms with Crippen molar-refractivity contribution in [1.82, 2.24) is 10.2 Å². The molecule has 2 aliphatic rings. The van der Waals surface area contributed by atoms with Crippen molar-refractivity contribution in [2.75, 3.05) is 13.1 Å². The van der Waals surface area contributed by atoms with Crippen LogP contribution in [0.2, 0.25) is 0 Å². The van der Waals surface area contributed by atoms with Crippen molar-refractivity contribution in [2.45, 2.75) is 72.4 Å². The van der Waals surface area contributed by atoms with Crippen LogP contribution in [0.25, 0.3) is 0 Å². The first-order valence-corrected chi connectivity index (χ1v) is 7.77. The lowest BCUT2D eigenvalue weighted by Gasteiger charge is -2.39. The molecule has 1 heterocycles. The molecule has 1 saturated heterocycles. The van der Waals surface area contributed by atoms with Gasteiger partial charge in [-0.15, -0.1) is 0 Å². The summed E-state index contributed by atoms with van der Waals surface area (Å²) in [6.07, 6.45) is 4.27. The number of carbonyl (C=O) groups excluding carboxylic acids is 1. The van der Waals surface area contributed by atoms with Gasteiger partial charge in [0.05, 0.1) is 0 Å². The standard InChI is InChI=1S/C16H30N2O/c1-6-17-12(2)7-14(19)18-11-16(5)9-13(18)8-15(3,4)10-16/h12-13,17H,6-11H2,1-5H3. The Bertz CT molecular complexity index is 353. The fourth-order valence-corrected chi connectivity index (χ4v) is 4.55. The summed E-state index contributed by atoms with van der Waals surface area (Å²) in [4.78, 5) is 14.7. The number of likely N-dealkylation sites (tertiary alicyclic amines) is 1. The quantitative estimate of drug-likeness (QED) is 0.848. The normalized spacial score (nSPS) is 34.4. The Morgan fingerprint density at radius 3 is 2.68 bits per heavy atom. The van der Waals surface area contributed by atoms with E-state index in [4.69, 9.17) is 0 Å². The molecule has 3 unspecified atom stereocenters. The number of carbonyl (C=O) groups is 1. The van der Waals surface area contributed by atoms with Gasteiger partial charge in [-0.25, -0.2) is 0 Å². The smallest absolute Gasteiger partial charge is 0.224 e. The number of nitrogens with one attached hydrogen (secondary N) is 1. The minimum atomic E-state index is 0.291. The Balaban J connectivity index is 2.01. The van der Waals surface area contributed by atoms with Crippen LogP contribution in [-0.2, 0) is 4.79 Å². The Hall–Kier alpha value is -0.570. The third-order valence-corrected chi connectivity index (χ3v) is 4.77. The zero-order chi connectivity index (χ0) is 14.3. The van der Waals surface area contributed by atoms with Crippen molar-refractivity contribution < 1.29 is 4.79 Å². The Morgan fingerprint density at radius 1 is 1.37 bits per heavy atom. The van der Waals surface area contributed by atoms with Crippen LogP contribution in [0.3, 0.4) is 0 Å². The molecule has 3 heteroatoms. The van der Waals surface area contributed by atoms with Crippen LogP contribution in [0, 0.1) is 10.8 Å². The Kier molecular flexibility index (Phi) is 3.97. The van der Waals surface area contributed by atoms with E-state index in [0.717, 1.165) is 13.1 Å². The minimum absolute atomic E-state index is 0.291. The molecule has 1 N–H and O–H groups in total. The average Bonchev–Trinajstić information content (AvgIpc) is 2.47. The van der Waals surface area contributed by atoms with Crippen LogP contribution in [0.15, 0.2) is 0 Å². The summed E-state index contributed by atoms with van der Waals surface area (Å²) in [6.45, 7) is 13.2. The summed E-state index contributed by atoms with van der Waals surface area (Å²) < 4.78 is 0. The van der Waals surface area contributed by atoms with Gasteiger partial charge < -0.3 is 10.2 Å². The van der Waals surface area contributed by atoms with E-state index in [1.54, 1.807) is 0 Å². The summed E-state index contributed by atoms with van der Waals surface area (Å²) in [6, 6.07) is 0.772. The van der Waals surface area contributed by atoms with Gasteiger partial charge in [0.2, 0.25) is 5.91 Å². The highest BCUT2D eigenvalue weighted by molar-refractivity contribution is 5.77. The molecule has 1 aliphatic carbocycles. The highest BCUT2D eigenvalue weighted by atomic mass is 16.2. The third kappa shape index (κ3) is 3.31. The number of fused-ring (bicyclic) bond motifs is 2. The molecule has 3 atom stereocenters. The number of hydrogen-bond donors (Lipinski definition) is 1. The van der Waals surface area contributed by atoms with E-state index in [0.29, 0.717) is 35.2 Å². The Labute approximate surface area is 118 Å². The first-order valence-electron chi connectivity index (χ1n) is 7.77. The Morgan fingerprint density at radius 2 is 2.05 bits per heavy atom. The van der Waals surface area contributed by atoms with Gasteiger partial charge in [-0.05, 0) is 43.6 Å². The van der Waals surface area contributed by atoms with E-state index >= 15 is 0 Å². The molecule has 0 spiro atoms. The van der Waals surface area contributed by atoms with Crippen LogP contribution in [0.5, 0.6) is 0 Å². The van der Waals surface area contributed by atoms with Crippen molar-refractivity contribution in [2.24, 2.45) is 10.8 Å². The predicted molar refractivity (Wildman–Crippen MR) is 79.0 cm³/mol. The van der Waals surface area contributed by atoms with E-state index in [9.17, 15) is 4.79 Å². The van der Waals surface area contributed by atoms with Gasteiger partial charge >= 0.3 is 0 Å². The molecule has 3 nitrogen and oxygen atoms in total. The molecule has 2 rings (SSSR count). The van der Waals surface area contributed by atoms with Crippen LogP contribution in [-0.4, -0.2) is 36.0 Å². The first-order chi connectivity index (χ1) is 8.75. The lowest BCUT2D eigenvalue weighted by Crippen LogP contribution is -2.40. The summed E-state index contributed by atoms with van der Waals surface area (Å²) in [5, 5.41) is 3.34. The molecule has 0 aromatic carbocycles. The molecule has 2 fully saturated rings. The summed E-state index contributed by atoms with van der Waals surface area (Å²) >= 11 is 0. The summed E-state index contributed by atoms with van der Waals surface area (Å²) in [5.74, 6) is 0.347. The maximum Gasteiger partial charge on any atom is 0.224 e. The van der Waals surface area contributed by atoms with Gasteiger partial charge in [0, 0.05) is 25.0 Å². The lowest BCUT2D eigenvalue weighted by molar-refractivity contribution is -0.132. The van der Waals surface area contributed by atoms with Crippen LogP contribution >= 0.6 is 0 Å². The molecule has 1 amide bonds. The second-order valence-corrected chi connectivity index (χ2v) is 7.90. The van der Waals surface area contributed by atoms with Crippen molar-refractivity contribution in [3.05, 3.63) is 0 Å². The molecule has 0 aromatic rings. The van der Waals surface area contributed by atoms with Crippen LogP contribution < -0.4 is 5.32 Å². The monoisotopic (exact) mass is 266 g/mol. The minimum Gasteiger partial charge on any atom is -0.339 e. The average molecular weight is 266 g/mol. The maximum absolute atomic E-state index is 12.5. The fraction of sp³-hybridized carbons (Fsp3) is 0.938. The second kappa shape index (κ2) is 5.08. The zero-order valence-corrected chi connectivity index (χ0v) is 13.3. The predicted octanol–water partition coefficient (Wildman–Crippen LogP) is 2.80. The van der Waals surface area contributed by atoms with Gasteiger partial charge in [-0.2, -0.15) is 0 Å². The topological polar surface area (TPSA) is 32.3 Å². The molecular weight excluding hydrogens is 236 g/mol. The number of rotatable bonds is 4.